The number of nitrogens with zero attached hydrogens (tertiary/aromatic N) is 2. The molecule has 1 saturated carbocycles. The lowest BCUT2D eigenvalue weighted by Gasteiger charge is -2.54. The number of pyridine rings is 2. The van der Waals surface area contributed by atoms with Crippen molar-refractivity contribution in [2.24, 2.45) is 14.1 Å². The Morgan fingerprint density at radius 3 is 1.26 bits per heavy atom. The van der Waals surface area contributed by atoms with Gasteiger partial charge in [-0.2, -0.15) is 0 Å². The van der Waals surface area contributed by atoms with Crippen molar-refractivity contribution in [3.8, 4) is 11.5 Å². The lowest BCUT2D eigenvalue weighted by Crippen LogP contribution is -2.41. The van der Waals surface area contributed by atoms with E-state index in [9.17, 15) is 0 Å². The molecular weight excluding hydrogens is 516 g/mol. The van der Waals surface area contributed by atoms with Gasteiger partial charge in [-0.15, -0.1) is 0 Å². The topological polar surface area (TPSA) is 26.2 Å². The van der Waals surface area contributed by atoms with E-state index in [1.54, 1.807) is 14.2 Å². The Morgan fingerprint density at radius 2 is 0.881 bits per heavy atom. The van der Waals surface area contributed by atoms with E-state index in [2.05, 4.69) is 145 Å². The summed E-state index contributed by atoms with van der Waals surface area (Å²) in [5.74, 6) is 2.86. The van der Waals surface area contributed by atoms with E-state index in [0.717, 1.165) is 11.5 Å². The Morgan fingerprint density at radius 1 is 0.476 bits per heavy atom. The number of hydrogen-bond acceptors (Lipinski definition) is 2. The second-order valence-electron chi connectivity index (χ2n) is 11.5. The number of ether oxygens (including phenoxy) is 2. The quantitative estimate of drug-likeness (QED) is 0.206. The maximum absolute atomic E-state index is 5.72. The summed E-state index contributed by atoms with van der Waals surface area (Å²) in [5.41, 5.74) is 7.88. The van der Waals surface area contributed by atoms with Crippen LogP contribution in [0.25, 0.3) is 21.8 Å². The summed E-state index contributed by atoms with van der Waals surface area (Å²) < 4.78 is 15.9. The number of aryl methyl sites for hydroxylation is 2. The summed E-state index contributed by atoms with van der Waals surface area (Å²) in [7, 11) is 7.74. The fourth-order valence-electron chi connectivity index (χ4n) is 7.37. The summed E-state index contributed by atoms with van der Waals surface area (Å²) in [6.07, 6.45) is 4.43. The minimum atomic E-state index is 0.269. The molecule has 0 aliphatic heterocycles. The van der Waals surface area contributed by atoms with Gasteiger partial charge < -0.3 is 9.47 Å². The number of methoxy groups -OCH3 is 2. The minimum Gasteiger partial charge on any atom is -0.497 e. The van der Waals surface area contributed by atoms with Crippen molar-refractivity contribution in [3.63, 3.8) is 0 Å². The van der Waals surface area contributed by atoms with Crippen LogP contribution in [0.1, 0.15) is 45.9 Å². The van der Waals surface area contributed by atoms with Gasteiger partial charge >= 0.3 is 0 Å². The van der Waals surface area contributed by atoms with Gasteiger partial charge in [0.05, 0.1) is 25.0 Å². The van der Waals surface area contributed by atoms with Crippen molar-refractivity contribution in [2.75, 3.05) is 14.2 Å². The molecule has 0 amide bonds. The van der Waals surface area contributed by atoms with Crippen LogP contribution in [0.2, 0.25) is 0 Å². The molecule has 0 N–H and O–H groups in total. The highest BCUT2D eigenvalue weighted by atomic mass is 16.5. The van der Waals surface area contributed by atoms with Crippen LogP contribution in [0.4, 0.5) is 0 Å². The standard InChI is InChI=1S/C38H36N2O2/c1-39-21-19-29(31-23-27(41-3)15-17-33(31)39)37-35(25-11-7-5-8-12-25)38(36(37)26-13-9-6-10-14-26)30-20-22-40(2)34-18-16-28(42-4)24-32(30)34/h5-24,35-38H,1-4H3/q+2. The van der Waals surface area contributed by atoms with E-state index in [4.69, 9.17) is 9.47 Å². The highest BCUT2D eigenvalue weighted by Gasteiger charge is 2.54. The molecule has 0 atom stereocenters. The van der Waals surface area contributed by atoms with Gasteiger partial charge in [-0.05, 0) is 70.2 Å². The smallest absolute Gasteiger partial charge is 0.212 e. The molecule has 0 radical (unpaired) electrons. The van der Waals surface area contributed by atoms with Gasteiger partial charge in [0.2, 0.25) is 11.0 Å². The Kier molecular flexibility index (Phi) is 6.62. The SMILES string of the molecule is COc1ccc2c(c1)c(C1C(c3ccccc3)C(c3cc[n+](C)c4ccc(OC)cc34)C1c1ccccc1)cc[n+]2C. The van der Waals surface area contributed by atoms with Gasteiger partial charge in [-0.3, -0.25) is 0 Å². The number of benzene rings is 4. The zero-order valence-corrected chi connectivity index (χ0v) is 24.6. The fraction of sp³-hybridized carbons (Fsp3) is 0.211. The summed E-state index contributed by atoms with van der Waals surface area (Å²) in [4.78, 5) is 0. The van der Waals surface area contributed by atoms with Crippen LogP contribution in [-0.4, -0.2) is 14.2 Å². The molecule has 4 aromatic carbocycles. The predicted octanol–water partition coefficient (Wildman–Crippen LogP) is 7.11. The average Bonchev–Trinajstić information content (AvgIpc) is 3.03. The third-order valence-corrected chi connectivity index (χ3v) is 9.38. The maximum Gasteiger partial charge on any atom is 0.212 e. The molecule has 4 nitrogen and oxygen atoms in total. The first-order chi connectivity index (χ1) is 20.6. The Labute approximate surface area is 247 Å². The van der Waals surface area contributed by atoms with Crippen LogP contribution in [-0.2, 0) is 14.1 Å². The van der Waals surface area contributed by atoms with Crippen LogP contribution in [0, 0.1) is 0 Å². The lowest BCUT2D eigenvalue weighted by molar-refractivity contribution is -0.645. The number of hydrogen-bond donors (Lipinski definition) is 0. The van der Waals surface area contributed by atoms with Crippen molar-refractivity contribution >= 4 is 21.8 Å². The van der Waals surface area contributed by atoms with Gasteiger partial charge in [0.15, 0.2) is 12.4 Å². The molecule has 0 unspecified atom stereocenters. The zero-order chi connectivity index (χ0) is 28.8. The van der Waals surface area contributed by atoms with E-state index < -0.39 is 0 Å². The minimum absolute atomic E-state index is 0.269. The largest absolute Gasteiger partial charge is 0.497 e. The Hall–Kier alpha value is -4.70. The van der Waals surface area contributed by atoms with Crippen LogP contribution < -0.4 is 18.6 Å². The fourth-order valence-corrected chi connectivity index (χ4v) is 7.37. The van der Waals surface area contributed by atoms with Crippen molar-refractivity contribution in [3.05, 3.63) is 144 Å². The van der Waals surface area contributed by atoms with Crippen molar-refractivity contribution in [2.45, 2.75) is 23.7 Å². The molecular formula is C38H36N2O2+2. The van der Waals surface area contributed by atoms with Crippen LogP contribution >= 0.6 is 0 Å². The molecule has 2 aromatic heterocycles. The molecule has 2 heterocycles. The third kappa shape index (κ3) is 4.21. The summed E-state index contributed by atoms with van der Waals surface area (Å²) in [6, 6.07) is 39.8. The molecule has 0 bridgehead atoms. The van der Waals surface area contributed by atoms with Crippen molar-refractivity contribution in [1.29, 1.82) is 0 Å². The Balaban J connectivity index is 1.52. The van der Waals surface area contributed by atoms with Gasteiger partial charge in [0.25, 0.3) is 0 Å². The highest BCUT2D eigenvalue weighted by Crippen LogP contribution is 2.67. The lowest BCUT2D eigenvalue weighted by atomic mass is 9.48. The van der Waals surface area contributed by atoms with E-state index in [-0.39, 0.29) is 23.7 Å². The van der Waals surface area contributed by atoms with Gasteiger partial charge in [0.1, 0.15) is 25.6 Å². The van der Waals surface area contributed by atoms with Crippen LogP contribution in [0.3, 0.4) is 0 Å². The monoisotopic (exact) mass is 552 g/mol. The maximum atomic E-state index is 5.72. The van der Waals surface area contributed by atoms with Gasteiger partial charge in [-0.25, -0.2) is 9.13 Å². The summed E-state index contributed by atoms with van der Waals surface area (Å²) in [6.45, 7) is 0. The molecule has 6 aromatic rings. The normalized spacial score (nSPS) is 19.9. The predicted molar refractivity (Wildman–Crippen MR) is 167 cm³/mol. The molecule has 42 heavy (non-hydrogen) atoms. The summed E-state index contributed by atoms with van der Waals surface area (Å²) in [5, 5.41) is 2.49. The molecule has 1 fully saturated rings. The second-order valence-corrected chi connectivity index (χ2v) is 11.5. The van der Waals surface area contributed by atoms with E-state index in [0.29, 0.717) is 0 Å². The molecule has 208 valence electrons. The first kappa shape index (κ1) is 26.2. The van der Waals surface area contributed by atoms with Crippen LogP contribution in [0.15, 0.2) is 122 Å². The van der Waals surface area contributed by atoms with Crippen LogP contribution in [0.5, 0.6) is 11.5 Å². The summed E-state index contributed by atoms with van der Waals surface area (Å²) >= 11 is 0. The van der Waals surface area contributed by atoms with E-state index >= 15 is 0 Å². The number of rotatable bonds is 6. The first-order valence-electron chi connectivity index (χ1n) is 14.6. The van der Waals surface area contributed by atoms with E-state index in [1.807, 2.05) is 0 Å². The Bertz CT molecular complexity index is 1750. The third-order valence-electron chi connectivity index (χ3n) is 9.38. The number of fused-ring (bicyclic) bond motifs is 2. The molecule has 0 spiro atoms. The van der Waals surface area contributed by atoms with Crippen molar-refractivity contribution in [1.82, 2.24) is 0 Å². The molecule has 1 aliphatic rings. The molecule has 1 aliphatic carbocycles. The highest BCUT2D eigenvalue weighted by molar-refractivity contribution is 5.85. The van der Waals surface area contributed by atoms with Crippen molar-refractivity contribution < 1.29 is 18.6 Å². The zero-order valence-electron chi connectivity index (χ0n) is 24.6. The van der Waals surface area contributed by atoms with Gasteiger partial charge in [0, 0.05) is 24.3 Å². The number of aromatic nitrogens is 2. The second kappa shape index (κ2) is 10.6. The average molecular weight is 553 g/mol. The van der Waals surface area contributed by atoms with Gasteiger partial charge in [-0.1, -0.05) is 60.7 Å². The van der Waals surface area contributed by atoms with E-state index in [1.165, 1.54) is 44.1 Å². The molecule has 7 rings (SSSR count). The molecule has 0 saturated heterocycles. The first-order valence-corrected chi connectivity index (χ1v) is 14.6. The molecule has 4 heteroatoms.